The van der Waals surface area contributed by atoms with Crippen molar-refractivity contribution >= 4 is 104 Å². The molecule has 0 unspecified atom stereocenters. The number of nitrogens with zero attached hydrogens (tertiary/aromatic N) is 4. The van der Waals surface area contributed by atoms with Crippen molar-refractivity contribution in [3.8, 4) is 22.8 Å². The third kappa shape index (κ3) is 28.0. The van der Waals surface area contributed by atoms with E-state index in [-0.39, 0.29) is 106 Å². The first-order valence-electron chi connectivity index (χ1n) is 19.9. The van der Waals surface area contributed by atoms with Crippen LogP contribution >= 0.6 is 68.0 Å². The maximum absolute atomic E-state index is 9.96. The predicted molar refractivity (Wildman–Crippen MR) is 267 cm³/mol. The maximum atomic E-state index is 9.96. The number of rotatable bonds is 8. The molecule has 0 saturated heterocycles. The fourth-order valence-electron chi connectivity index (χ4n) is 4.43. The van der Waals surface area contributed by atoms with E-state index in [1.54, 1.807) is 93.5 Å². The number of hydrogen-bond donors (Lipinski definition) is 0. The van der Waals surface area contributed by atoms with Crippen molar-refractivity contribution in [1.82, 2.24) is 19.9 Å². The summed E-state index contributed by atoms with van der Waals surface area (Å²) < 4.78 is 0. The van der Waals surface area contributed by atoms with Crippen LogP contribution in [0.25, 0.3) is 22.8 Å². The zero-order valence-corrected chi connectivity index (χ0v) is 46.4. The normalized spacial score (nSPS) is 8.97. The van der Waals surface area contributed by atoms with E-state index in [0.29, 0.717) is 0 Å². The number of thiophene rings is 6. The van der Waals surface area contributed by atoms with Crippen LogP contribution in [0, 0.1) is 76.3 Å². The van der Waals surface area contributed by atoms with Crippen molar-refractivity contribution in [2.75, 3.05) is 0 Å². The van der Waals surface area contributed by atoms with Crippen molar-refractivity contribution in [3.63, 3.8) is 0 Å². The Morgan fingerprint density at radius 1 is 0.257 bits per heavy atom. The molecular formula is C50H34Dy2N4O12S6. The topological polar surface area (TPSA) is 292 Å². The fraction of sp³-hybridized carbons (Fsp3) is 0. The van der Waals surface area contributed by atoms with Crippen LogP contribution in [0.15, 0.2) is 203 Å². The van der Waals surface area contributed by atoms with Crippen LogP contribution in [0.1, 0.15) is 58.0 Å². The minimum Gasteiger partial charge on any atom is -0.544 e. The largest absolute Gasteiger partial charge is 3.00 e. The smallest absolute Gasteiger partial charge is 0.544 e. The van der Waals surface area contributed by atoms with Gasteiger partial charge in [0.2, 0.25) is 0 Å². The Morgan fingerprint density at radius 3 is 0.500 bits per heavy atom. The van der Waals surface area contributed by atoms with E-state index >= 15 is 0 Å². The molecule has 10 aromatic rings. The van der Waals surface area contributed by atoms with E-state index in [1.807, 2.05) is 72.8 Å². The van der Waals surface area contributed by atoms with E-state index in [4.69, 9.17) is 0 Å². The number of carbonyl (C=O) groups excluding carboxylic acids is 6. The van der Waals surface area contributed by atoms with Crippen LogP contribution in [0.3, 0.4) is 0 Å². The molecule has 0 bridgehead atoms. The Hall–Kier alpha value is -5.83. The Kier molecular flexibility index (Phi) is 35.4. The molecule has 0 fully saturated rings. The van der Waals surface area contributed by atoms with Crippen molar-refractivity contribution in [2.24, 2.45) is 0 Å². The van der Waals surface area contributed by atoms with Gasteiger partial charge < -0.3 is 59.4 Å². The fourth-order valence-corrected chi connectivity index (χ4v) is 7.77. The number of carboxylic acid groups (broad SMARTS) is 6. The van der Waals surface area contributed by atoms with E-state index in [1.165, 1.54) is 104 Å². The van der Waals surface area contributed by atoms with Crippen molar-refractivity contribution < 1.29 is 136 Å². The Bertz CT molecular complexity index is 2520. The first kappa shape index (κ1) is 66.2. The molecule has 0 saturated carbocycles. The average Bonchev–Trinajstić information content (AvgIpc) is 4.26. The summed E-state index contributed by atoms with van der Waals surface area (Å²) in [6.07, 6.45) is 7.07. The van der Waals surface area contributed by atoms with Gasteiger partial charge in [-0.25, -0.2) is 0 Å². The zero-order chi connectivity index (χ0) is 52.4. The monoisotopic (exact) mass is 1400 g/mol. The zero-order valence-electron chi connectivity index (χ0n) is 37.4. The van der Waals surface area contributed by atoms with Gasteiger partial charge in [-0.3, -0.25) is 19.9 Å². The molecule has 0 aliphatic heterocycles. The van der Waals surface area contributed by atoms with Crippen LogP contribution in [-0.4, -0.2) is 55.8 Å². The second kappa shape index (κ2) is 39.6. The van der Waals surface area contributed by atoms with Crippen molar-refractivity contribution in [3.05, 3.63) is 232 Å². The average molecular weight is 1400 g/mol. The maximum Gasteiger partial charge on any atom is 3.00 e. The molecule has 10 heterocycles. The molecular weight excluding hydrogens is 1370 g/mol. The first-order chi connectivity index (χ1) is 34.8. The molecule has 0 aliphatic carbocycles. The van der Waals surface area contributed by atoms with Crippen LogP contribution in [-0.2, 0) is 0 Å². The molecule has 16 nitrogen and oxygen atoms in total. The summed E-state index contributed by atoms with van der Waals surface area (Å²) >= 11 is 7.01. The molecule has 74 heavy (non-hydrogen) atoms. The number of aromatic nitrogens is 4. The second-order valence-electron chi connectivity index (χ2n) is 12.4. The number of carbonyl (C=O) groups is 6. The van der Waals surface area contributed by atoms with Gasteiger partial charge in [-0.1, -0.05) is 60.7 Å². The van der Waals surface area contributed by atoms with E-state index in [9.17, 15) is 59.4 Å². The number of aromatic carboxylic acids is 6. The molecule has 0 aliphatic rings. The SMILES string of the molecule is O=C([O-])c1cccs1.O=C([O-])c1cccs1.O=C([O-])c1cccs1.O=C([O-])c1cccs1.O=C([O-])c1cccs1.O=C([O-])c1cccs1.[Dy+3].[Dy+3].c1ccc(-c2ccccn2)nc1.c1ccc(-c2ccccn2)nc1. The van der Waals surface area contributed by atoms with E-state index in [2.05, 4.69) is 19.9 Å². The van der Waals surface area contributed by atoms with Crippen LogP contribution < -0.4 is 30.6 Å². The summed E-state index contributed by atoms with van der Waals surface area (Å²) in [5.74, 6) is -6.58. The van der Waals surface area contributed by atoms with Gasteiger partial charge in [-0.05, 0) is 117 Å². The molecule has 0 N–H and O–H groups in total. The summed E-state index contributed by atoms with van der Waals surface area (Å²) in [6, 6.07) is 42.3. The molecule has 10 aromatic heterocycles. The second-order valence-corrected chi connectivity index (χ2v) is 18.1. The third-order valence-electron chi connectivity index (χ3n) is 7.52. The standard InChI is InChI=1S/2C10H8N2.6C5H4O2S.2Dy/c2*1-3-7-11-9(5-1)10-6-2-4-8-12-10;6*6-5(7)4-2-1-3-8-4;;/h2*1-8H;6*1-3H,(H,6,7);;/q;;;;;;;;2*+3/p-6. The summed E-state index contributed by atoms with van der Waals surface area (Å²) in [4.78, 5) is 78.2. The van der Waals surface area contributed by atoms with E-state index < -0.39 is 35.8 Å². The minimum absolute atomic E-state index is 0. The molecule has 0 spiro atoms. The Balaban J connectivity index is 0.000000424. The van der Waals surface area contributed by atoms with Crippen LogP contribution in [0.2, 0.25) is 0 Å². The first-order valence-corrected chi connectivity index (χ1v) is 25.2. The number of hydrogen-bond acceptors (Lipinski definition) is 22. The van der Waals surface area contributed by atoms with Gasteiger partial charge >= 0.3 is 76.3 Å². The summed E-state index contributed by atoms with van der Waals surface area (Å²) in [5, 5.41) is 70.0. The predicted octanol–water partition coefficient (Wildman–Crippen LogP) is 4.96. The number of carboxylic acids is 6. The van der Waals surface area contributed by atoms with E-state index in [0.717, 1.165) is 22.8 Å². The van der Waals surface area contributed by atoms with Gasteiger partial charge in [-0.2, -0.15) is 0 Å². The van der Waals surface area contributed by atoms with Crippen molar-refractivity contribution in [1.29, 1.82) is 0 Å². The van der Waals surface area contributed by atoms with Gasteiger partial charge in [0.05, 0.1) is 58.6 Å². The molecule has 24 heteroatoms. The third-order valence-corrected chi connectivity index (χ3v) is 12.6. The minimum atomic E-state index is -1.10. The molecule has 0 atom stereocenters. The Morgan fingerprint density at radius 2 is 0.419 bits per heavy atom. The van der Waals surface area contributed by atoms with Gasteiger partial charge in [0.1, 0.15) is 0 Å². The Labute approximate surface area is 508 Å². The van der Waals surface area contributed by atoms with Gasteiger partial charge in [0, 0.05) is 54.1 Å². The van der Waals surface area contributed by atoms with Gasteiger partial charge in [-0.15, -0.1) is 68.0 Å². The summed E-state index contributed by atoms with van der Waals surface area (Å²) in [6.45, 7) is 0. The molecule has 2 radical (unpaired) electrons. The molecule has 382 valence electrons. The van der Waals surface area contributed by atoms with Crippen LogP contribution in [0.5, 0.6) is 0 Å². The molecule has 0 aromatic carbocycles. The molecule has 0 amide bonds. The molecule has 10 rings (SSSR count). The summed E-state index contributed by atoms with van der Waals surface area (Å²) in [7, 11) is 0. The quantitative estimate of drug-likeness (QED) is 0.194. The number of pyridine rings is 4. The van der Waals surface area contributed by atoms with Crippen molar-refractivity contribution in [2.45, 2.75) is 0 Å². The summed E-state index contributed by atoms with van der Waals surface area (Å²) in [5.41, 5.74) is 3.66. The van der Waals surface area contributed by atoms with Gasteiger partial charge in [0.15, 0.2) is 0 Å². The van der Waals surface area contributed by atoms with Crippen LogP contribution in [0.4, 0.5) is 0 Å². The van der Waals surface area contributed by atoms with Gasteiger partial charge in [0.25, 0.3) is 0 Å².